The first kappa shape index (κ1) is 25.0. The Morgan fingerprint density at radius 3 is 2.50 bits per heavy atom. The summed E-state index contributed by atoms with van der Waals surface area (Å²) in [7, 11) is 1.49. The number of likely N-dealkylation sites (N-methyl/N-ethyl adjacent to an activating group) is 1. The van der Waals surface area contributed by atoms with Gasteiger partial charge in [0.2, 0.25) is 6.41 Å². The third-order valence-electron chi connectivity index (χ3n) is 5.79. The van der Waals surface area contributed by atoms with Crippen LogP contribution in [0.2, 0.25) is 0 Å². The number of amides is 1. The van der Waals surface area contributed by atoms with Crippen molar-refractivity contribution in [2.24, 2.45) is 5.10 Å². The number of nitrogens with zero attached hydrogens (tertiary/aromatic N) is 4. The average molecular weight is 471 g/mol. The molecule has 1 amide bonds. The third kappa shape index (κ3) is 4.56. The van der Waals surface area contributed by atoms with Crippen molar-refractivity contribution in [3.05, 3.63) is 69.6 Å². The molecule has 0 atom stereocenters. The summed E-state index contributed by atoms with van der Waals surface area (Å²) in [6.07, 6.45) is 2.19. The van der Waals surface area contributed by atoms with Gasteiger partial charge in [-0.3, -0.25) is 24.1 Å². The summed E-state index contributed by atoms with van der Waals surface area (Å²) in [5, 5.41) is 15.7. The topological polar surface area (TPSA) is 78.1 Å². The first-order valence-electron chi connectivity index (χ1n) is 10.9. The fourth-order valence-electron chi connectivity index (χ4n) is 3.84. The van der Waals surface area contributed by atoms with Gasteiger partial charge < -0.3 is 5.11 Å². The first-order chi connectivity index (χ1) is 16.1. The maximum atomic E-state index is 15.2. The number of aliphatic hydroxyl groups excluding tert-OH is 1. The van der Waals surface area contributed by atoms with E-state index in [4.69, 9.17) is 0 Å². The molecule has 7 nitrogen and oxygen atoms in total. The number of benzene rings is 2. The minimum absolute atomic E-state index is 0.0333. The minimum Gasteiger partial charge on any atom is -0.388 e. The Labute approximate surface area is 196 Å². The molecule has 3 rings (SSSR count). The van der Waals surface area contributed by atoms with Gasteiger partial charge in [-0.15, -0.1) is 0 Å². The molecule has 3 aromatic rings. The summed E-state index contributed by atoms with van der Waals surface area (Å²) in [6.45, 7) is 6.97. The van der Waals surface area contributed by atoms with E-state index in [1.54, 1.807) is 26.1 Å². The summed E-state index contributed by atoms with van der Waals surface area (Å²) < 4.78 is 30.7. The van der Waals surface area contributed by atoms with Gasteiger partial charge in [0.25, 0.3) is 5.56 Å². The van der Waals surface area contributed by atoms with Gasteiger partial charge >= 0.3 is 0 Å². The average Bonchev–Trinajstić information content (AvgIpc) is 2.81. The van der Waals surface area contributed by atoms with E-state index in [-0.39, 0.29) is 29.4 Å². The minimum atomic E-state index is -0.703. The van der Waals surface area contributed by atoms with E-state index in [1.165, 1.54) is 39.7 Å². The highest BCUT2D eigenvalue weighted by molar-refractivity contribution is 5.93. The van der Waals surface area contributed by atoms with Gasteiger partial charge in [0.15, 0.2) is 5.84 Å². The van der Waals surface area contributed by atoms with Crippen molar-refractivity contribution in [2.75, 3.05) is 25.2 Å². The molecule has 1 heterocycles. The van der Waals surface area contributed by atoms with Gasteiger partial charge in [0.1, 0.15) is 18.2 Å². The van der Waals surface area contributed by atoms with E-state index in [2.05, 4.69) is 5.10 Å². The highest BCUT2D eigenvalue weighted by atomic mass is 19.1. The van der Waals surface area contributed by atoms with Crippen LogP contribution < -0.4 is 10.6 Å². The van der Waals surface area contributed by atoms with Crippen LogP contribution in [0.15, 0.2) is 46.4 Å². The van der Waals surface area contributed by atoms with Crippen LogP contribution in [0.4, 0.5) is 14.5 Å². The number of rotatable bonds is 7. The summed E-state index contributed by atoms with van der Waals surface area (Å²) in [4.78, 5) is 25.8. The van der Waals surface area contributed by atoms with Crippen molar-refractivity contribution >= 4 is 28.7 Å². The Balaban J connectivity index is 2.26. The first-order valence-corrected chi connectivity index (χ1v) is 10.9. The summed E-state index contributed by atoms with van der Waals surface area (Å²) in [5.41, 5.74) is 1.07. The number of amidine groups is 1. The second-order valence-corrected chi connectivity index (χ2v) is 8.24. The van der Waals surface area contributed by atoms with Gasteiger partial charge in [-0.25, -0.2) is 8.78 Å². The maximum absolute atomic E-state index is 15.2. The molecule has 9 heteroatoms. The molecule has 0 saturated carbocycles. The van der Waals surface area contributed by atoms with E-state index < -0.39 is 23.8 Å². The number of hydrogen-bond donors (Lipinski definition) is 1. The highest BCUT2D eigenvalue weighted by Crippen LogP contribution is 2.31. The Morgan fingerprint density at radius 2 is 1.91 bits per heavy atom. The number of aromatic nitrogens is 1. The van der Waals surface area contributed by atoms with Gasteiger partial charge in [0.05, 0.1) is 16.8 Å². The van der Waals surface area contributed by atoms with E-state index in [9.17, 15) is 19.1 Å². The molecule has 0 aliphatic heterocycles. The Morgan fingerprint density at radius 1 is 1.21 bits per heavy atom. The van der Waals surface area contributed by atoms with Crippen LogP contribution >= 0.6 is 0 Å². The molecule has 2 aromatic carbocycles. The summed E-state index contributed by atoms with van der Waals surface area (Å²) >= 11 is 0. The number of halogens is 2. The molecular weight excluding hydrogens is 442 g/mol. The zero-order chi connectivity index (χ0) is 25.2. The van der Waals surface area contributed by atoms with Crippen LogP contribution in [0.3, 0.4) is 0 Å². The van der Waals surface area contributed by atoms with Crippen molar-refractivity contribution in [3.8, 4) is 5.69 Å². The number of carbonyl (C=O) groups excluding carboxylic acids is 1. The zero-order valence-corrected chi connectivity index (χ0v) is 19.8. The molecule has 180 valence electrons. The lowest BCUT2D eigenvalue weighted by atomic mass is 9.97. The Hall–Kier alpha value is -3.59. The SMILES string of the molecule is CCN(C=O)/C(CO)=N\N(C)c1cc2c(C(C)C)cn(-c3cccc(F)c3C)c(=O)c2cc1F. The fourth-order valence-corrected chi connectivity index (χ4v) is 3.84. The van der Waals surface area contributed by atoms with Gasteiger partial charge in [0, 0.05) is 25.4 Å². The normalized spacial score (nSPS) is 11.9. The number of hydrogen-bond acceptors (Lipinski definition) is 5. The van der Waals surface area contributed by atoms with Gasteiger partial charge in [-0.05, 0) is 55.0 Å². The van der Waals surface area contributed by atoms with Crippen molar-refractivity contribution in [3.63, 3.8) is 0 Å². The number of hydrazone groups is 1. The molecule has 0 bridgehead atoms. The lowest BCUT2D eigenvalue weighted by molar-refractivity contribution is -0.114. The molecular formula is C25H28F2N4O3. The van der Waals surface area contributed by atoms with E-state index in [0.717, 1.165) is 11.6 Å². The molecule has 34 heavy (non-hydrogen) atoms. The molecule has 0 saturated heterocycles. The van der Waals surface area contributed by atoms with Crippen molar-refractivity contribution in [1.82, 2.24) is 9.47 Å². The van der Waals surface area contributed by atoms with Crippen LogP contribution in [0, 0.1) is 18.6 Å². The predicted octanol–water partition coefficient (Wildman–Crippen LogP) is 3.92. The van der Waals surface area contributed by atoms with Crippen molar-refractivity contribution in [2.45, 2.75) is 33.6 Å². The Kier molecular flexibility index (Phi) is 7.46. The fraction of sp³-hybridized carbons (Fsp3) is 0.320. The molecule has 0 fully saturated rings. The van der Waals surface area contributed by atoms with Gasteiger partial charge in [-0.2, -0.15) is 5.10 Å². The van der Waals surface area contributed by atoms with Crippen molar-refractivity contribution in [1.29, 1.82) is 0 Å². The van der Waals surface area contributed by atoms with E-state index in [0.29, 0.717) is 23.0 Å². The third-order valence-corrected chi connectivity index (χ3v) is 5.79. The largest absolute Gasteiger partial charge is 0.388 e. The number of carbonyl (C=O) groups is 1. The second-order valence-electron chi connectivity index (χ2n) is 8.24. The second kappa shape index (κ2) is 10.1. The smallest absolute Gasteiger partial charge is 0.263 e. The monoisotopic (exact) mass is 470 g/mol. The zero-order valence-electron chi connectivity index (χ0n) is 19.8. The van der Waals surface area contributed by atoms with Crippen LogP contribution in [0.5, 0.6) is 0 Å². The van der Waals surface area contributed by atoms with Gasteiger partial charge in [-0.1, -0.05) is 19.9 Å². The molecule has 1 N–H and O–H groups in total. The summed E-state index contributed by atoms with van der Waals surface area (Å²) in [5.74, 6) is -1.12. The standard InChI is InChI=1S/C25H28F2N4O3/c1-6-30(14-33)24(13-32)28-29(5)23-11-17-18(10-21(23)27)25(34)31(12-19(17)15(2)3)22-9-7-8-20(26)16(22)4/h7-12,14-15,32H,6,13H2,1-5H3/b28-24-. The van der Waals surface area contributed by atoms with Crippen LogP contribution in [-0.4, -0.2) is 47.0 Å². The van der Waals surface area contributed by atoms with Crippen LogP contribution in [0.25, 0.3) is 16.5 Å². The highest BCUT2D eigenvalue weighted by Gasteiger charge is 2.19. The number of aliphatic hydroxyl groups is 1. The number of pyridine rings is 1. The van der Waals surface area contributed by atoms with Crippen LogP contribution in [0.1, 0.15) is 37.8 Å². The predicted molar refractivity (Wildman–Crippen MR) is 130 cm³/mol. The Bertz CT molecular complexity index is 1320. The molecule has 0 spiro atoms. The number of anilines is 1. The molecule has 0 aliphatic carbocycles. The van der Waals surface area contributed by atoms with E-state index in [1.807, 2.05) is 13.8 Å². The summed E-state index contributed by atoms with van der Waals surface area (Å²) in [6, 6.07) is 7.16. The molecule has 0 aliphatic rings. The maximum Gasteiger partial charge on any atom is 0.263 e. The van der Waals surface area contributed by atoms with Crippen molar-refractivity contribution < 1.29 is 18.7 Å². The van der Waals surface area contributed by atoms with E-state index >= 15 is 4.39 Å². The number of fused-ring (bicyclic) bond motifs is 1. The van der Waals surface area contributed by atoms with Crippen LogP contribution in [-0.2, 0) is 4.79 Å². The molecule has 0 radical (unpaired) electrons. The molecule has 1 aromatic heterocycles. The lowest BCUT2D eigenvalue weighted by Crippen LogP contribution is -2.34. The molecule has 0 unspecified atom stereocenters. The lowest BCUT2D eigenvalue weighted by Gasteiger charge is -2.22. The quantitative estimate of drug-likeness (QED) is 0.246.